The van der Waals surface area contributed by atoms with Crippen LogP contribution in [0.15, 0.2) is 54.6 Å². The number of hydrogen-bond acceptors (Lipinski definition) is 3. The molecule has 2 aromatic rings. The summed E-state index contributed by atoms with van der Waals surface area (Å²) in [6.07, 6.45) is 2.25. The molecule has 1 amide bonds. The maximum absolute atomic E-state index is 12.0. The maximum atomic E-state index is 12.0. The average molecular weight is 327 g/mol. The van der Waals surface area contributed by atoms with Crippen LogP contribution >= 0.6 is 0 Å². The van der Waals surface area contributed by atoms with Crippen molar-refractivity contribution in [3.05, 3.63) is 60.2 Å². The fourth-order valence-electron chi connectivity index (χ4n) is 2.35. The molecule has 0 aliphatic heterocycles. The molecule has 0 saturated carbocycles. The smallest absolute Gasteiger partial charge is 0.224 e. The first-order valence-electron chi connectivity index (χ1n) is 8.42. The van der Waals surface area contributed by atoms with Crippen LogP contribution < -0.4 is 10.1 Å². The minimum absolute atomic E-state index is 0.0254. The van der Waals surface area contributed by atoms with Crippen molar-refractivity contribution in [2.75, 3.05) is 25.1 Å². The second-order valence-corrected chi connectivity index (χ2v) is 5.46. The third kappa shape index (κ3) is 6.84. The standard InChI is InChI=1S/C20H25NO3/c1-2-23-14-15-24-19-12-7-11-18(16-19)21-20(22)13-6-10-17-8-4-3-5-9-17/h3-5,7-9,11-12,16H,2,6,10,13-15H2,1H3,(H,21,22). The van der Waals surface area contributed by atoms with Crippen LogP contribution in [-0.2, 0) is 16.0 Å². The second kappa shape index (κ2) is 10.4. The van der Waals surface area contributed by atoms with Crippen LogP contribution in [-0.4, -0.2) is 25.7 Å². The van der Waals surface area contributed by atoms with Gasteiger partial charge in [-0.2, -0.15) is 0 Å². The first-order valence-corrected chi connectivity index (χ1v) is 8.42. The summed E-state index contributed by atoms with van der Waals surface area (Å²) < 4.78 is 10.8. The van der Waals surface area contributed by atoms with E-state index in [-0.39, 0.29) is 5.91 Å². The summed E-state index contributed by atoms with van der Waals surface area (Å²) in [6.45, 7) is 3.70. The molecular weight excluding hydrogens is 302 g/mol. The van der Waals surface area contributed by atoms with Crippen LogP contribution in [0, 0.1) is 0 Å². The number of benzene rings is 2. The number of anilines is 1. The van der Waals surface area contributed by atoms with Gasteiger partial charge in [-0.15, -0.1) is 0 Å². The highest BCUT2D eigenvalue weighted by Crippen LogP contribution is 2.17. The zero-order chi connectivity index (χ0) is 17.0. The summed E-state index contributed by atoms with van der Waals surface area (Å²) in [5.41, 5.74) is 2.02. The largest absolute Gasteiger partial charge is 0.491 e. The SMILES string of the molecule is CCOCCOc1cccc(NC(=O)CCCc2ccccc2)c1. The molecule has 0 aliphatic carbocycles. The number of nitrogens with one attached hydrogen (secondary N) is 1. The van der Waals surface area contributed by atoms with Crippen molar-refractivity contribution >= 4 is 11.6 Å². The number of carbonyl (C=O) groups is 1. The lowest BCUT2D eigenvalue weighted by molar-refractivity contribution is -0.116. The first-order chi connectivity index (χ1) is 11.8. The van der Waals surface area contributed by atoms with Crippen molar-refractivity contribution in [3.63, 3.8) is 0 Å². The second-order valence-electron chi connectivity index (χ2n) is 5.46. The lowest BCUT2D eigenvalue weighted by Gasteiger charge is -2.09. The highest BCUT2D eigenvalue weighted by atomic mass is 16.5. The Balaban J connectivity index is 1.72. The molecule has 4 heteroatoms. The molecule has 0 aliphatic rings. The van der Waals surface area contributed by atoms with Gasteiger partial charge in [-0.25, -0.2) is 0 Å². The average Bonchev–Trinajstić information content (AvgIpc) is 2.60. The molecule has 0 atom stereocenters. The first kappa shape index (κ1) is 18.0. The summed E-state index contributed by atoms with van der Waals surface area (Å²) in [7, 11) is 0. The highest BCUT2D eigenvalue weighted by molar-refractivity contribution is 5.90. The topological polar surface area (TPSA) is 47.6 Å². The van der Waals surface area contributed by atoms with E-state index < -0.39 is 0 Å². The van der Waals surface area contributed by atoms with Gasteiger partial charge in [-0.3, -0.25) is 4.79 Å². The van der Waals surface area contributed by atoms with Gasteiger partial charge in [0.1, 0.15) is 12.4 Å². The van der Waals surface area contributed by atoms with Gasteiger partial charge < -0.3 is 14.8 Å². The Kier molecular flexibility index (Phi) is 7.84. The fourth-order valence-corrected chi connectivity index (χ4v) is 2.35. The summed E-state index contributed by atoms with van der Waals surface area (Å²) in [4.78, 5) is 12.0. The summed E-state index contributed by atoms with van der Waals surface area (Å²) in [6, 6.07) is 17.7. The number of hydrogen-bond donors (Lipinski definition) is 1. The molecule has 1 N–H and O–H groups in total. The van der Waals surface area contributed by atoms with Crippen molar-refractivity contribution in [1.82, 2.24) is 0 Å². The minimum Gasteiger partial charge on any atom is -0.491 e. The molecule has 0 radical (unpaired) electrons. The Morgan fingerprint density at radius 3 is 2.67 bits per heavy atom. The third-order valence-corrected chi connectivity index (χ3v) is 3.53. The number of carbonyl (C=O) groups excluding carboxylic acids is 1. The predicted octanol–water partition coefficient (Wildman–Crippen LogP) is 4.06. The molecule has 0 heterocycles. The highest BCUT2D eigenvalue weighted by Gasteiger charge is 2.04. The zero-order valence-corrected chi connectivity index (χ0v) is 14.2. The summed E-state index contributed by atoms with van der Waals surface area (Å²) >= 11 is 0. The Hall–Kier alpha value is -2.33. The molecule has 0 fully saturated rings. The molecule has 24 heavy (non-hydrogen) atoms. The molecule has 2 rings (SSSR count). The van der Waals surface area contributed by atoms with E-state index in [9.17, 15) is 4.79 Å². The maximum Gasteiger partial charge on any atom is 0.224 e. The van der Waals surface area contributed by atoms with E-state index in [0.29, 0.717) is 26.2 Å². The Morgan fingerprint density at radius 2 is 1.88 bits per heavy atom. The van der Waals surface area contributed by atoms with E-state index in [1.807, 2.05) is 49.4 Å². The van der Waals surface area contributed by atoms with Crippen LogP contribution in [0.5, 0.6) is 5.75 Å². The van der Waals surface area contributed by atoms with E-state index in [4.69, 9.17) is 9.47 Å². The molecule has 2 aromatic carbocycles. The van der Waals surface area contributed by atoms with Crippen LogP contribution in [0.2, 0.25) is 0 Å². The van der Waals surface area contributed by atoms with Gasteiger partial charge >= 0.3 is 0 Å². The minimum atomic E-state index is 0.0254. The molecule has 0 bridgehead atoms. The quantitative estimate of drug-likeness (QED) is 0.669. The molecular formula is C20H25NO3. The molecule has 0 spiro atoms. The molecule has 0 saturated heterocycles. The fraction of sp³-hybridized carbons (Fsp3) is 0.350. The molecule has 0 unspecified atom stereocenters. The monoisotopic (exact) mass is 327 g/mol. The zero-order valence-electron chi connectivity index (χ0n) is 14.2. The van der Waals surface area contributed by atoms with E-state index >= 15 is 0 Å². The van der Waals surface area contributed by atoms with Crippen molar-refractivity contribution in [2.24, 2.45) is 0 Å². The van der Waals surface area contributed by atoms with Gasteiger partial charge in [0.2, 0.25) is 5.91 Å². The van der Waals surface area contributed by atoms with Crippen LogP contribution in [0.3, 0.4) is 0 Å². The van der Waals surface area contributed by atoms with E-state index in [1.54, 1.807) is 0 Å². The van der Waals surface area contributed by atoms with Gasteiger partial charge in [-0.05, 0) is 37.5 Å². The van der Waals surface area contributed by atoms with Gasteiger partial charge in [0, 0.05) is 24.8 Å². The number of aryl methyl sites for hydroxylation is 1. The van der Waals surface area contributed by atoms with E-state index in [1.165, 1.54) is 5.56 Å². The van der Waals surface area contributed by atoms with Gasteiger partial charge in [-0.1, -0.05) is 36.4 Å². The Bertz CT molecular complexity index is 613. The lowest BCUT2D eigenvalue weighted by atomic mass is 10.1. The normalized spacial score (nSPS) is 10.4. The third-order valence-electron chi connectivity index (χ3n) is 3.53. The lowest BCUT2D eigenvalue weighted by Crippen LogP contribution is -2.12. The van der Waals surface area contributed by atoms with Crippen molar-refractivity contribution < 1.29 is 14.3 Å². The Labute approximate surface area is 143 Å². The van der Waals surface area contributed by atoms with Crippen molar-refractivity contribution in [3.8, 4) is 5.75 Å². The number of amides is 1. The molecule has 4 nitrogen and oxygen atoms in total. The summed E-state index contributed by atoms with van der Waals surface area (Å²) in [5, 5.41) is 2.92. The van der Waals surface area contributed by atoms with Crippen LogP contribution in [0.1, 0.15) is 25.3 Å². The predicted molar refractivity (Wildman–Crippen MR) is 96.4 cm³/mol. The molecule has 128 valence electrons. The van der Waals surface area contributed by atoms with Crippen LogP contribution in [0.25, 0.3) is 0 Å². The van der Waals surface area contributed by atoms with Gasteiger partial charge in [0.15, 0.2) is 0 Å². The molecule has 0 aromatic heterocycles. The van der Waals surface area contributed by atoms with Crippen molar-refractivity contribution in [1.29, 1.82) is 0 Å². The van der Waals surface area contributed by atoms with Gasteiger partial charge in [0.25, 0.3) is 0 Å². The van der Waals surface area contributed by atoms with Crippen LogP contribution in [0.4, 0.5) is 5.69 Å². The van der Waals surface area contributed by atoms with Gasteiger partial charge in [0.05, 0.1) is 6.61 Å². The number of rotatable bonds is 10. The Morgan fingerprint density at radius 1 is 1.04 bits per heavy atom. The van der Waals surface area contributed by atoms with E-state index in [0.717, 1.165) is 24.3 Å². The summed E-state index contributed by atoms with van der Waals surface area (Å²) in [5.74, 6) is 0.759. The number of ether oxygens (including phenoxy) is 2. The van der Waals surface area contributed by atoms with E-state index in [2.05, 4.69) is 17.4 Å². The van der Waals surface area contributed by atoms with Crippen molar-refractivity contribution in [2.45, 2.75) is 26.2 Å².